The van der Waals surface area contributed by atoms with Crippen LogP contribution in [0.25, 0.3) is 12.2 Å². The molecule has 1 aliphatic heterocycles. The number of carbonyl (C=O) groups excluding carboxylic acids is 1. The lowest BCUT2D eigenvalue weighted by Gasteiger charge is -2.26. The summed E-state index contributed by atoms with van der Waals surface area (Å²) in [4.78, 5) is 21.0. The van der Waals surface area contributed by atoms with Crippen LogP contribution >= 0.6 is 0 Å². The minimum Gasteiger partial charge on any atom is -0.493 e. The molecule has 0 aliphatic carbocycles. The van der Waals surface area contributed by atoms with Crippen LogP contribution in [0.3, 0.4) is 0 Å². The summed E-state index contributed by atoms with van der Waals surface area (Å²) in [5, 5.41) is 12.1. The van der Waals surface area contributed by atoms with E-state index in [2.05, 4.69) is 41.7 Å². The zero-order valence-electron chi connectivity index (χ0n) is 38.3. The molecule has 346 valence electrons. The molecule has 0 fully saturated rings. The SMILES string of the molecule is COc1cc(/C=C/C(=O)O)cc(OC)c1OC.COc1cc(C=O)cc(OC)c1OC.COc1cc2c(cc1OCc1ccccc1)CCNC2/C=C/c1cc(OC)c(OC)c(OC)c1. The average Bonchev–Trinajstić information content (AvgIpc) is 3.35. The normalized spacial score (nSPS) is 12.6. The summed E-state index contributed by atoms with van der Waals surface area (Å²) in [6.45, 7) is 1.38. The number of rotatable bonds is 18. The van der Waals surface area contributed by atoms with Gasteiger partial charge in [-0.1, -0.05) is 42.5 Å². The number of methoxy groups -OCH3 is 10. The highest BCUT2D eigenvalue weighted by Gasteiger charge is 2.22. The number of carboxylic acids is 1. The molecule has 15 nitrogen and oxygen atoms in total. The summed E-state index contributed by atoms with van der Waals surface area (Å²) < 4.78 is 58.8. The molecule has 0 radical (unpaired) electrons. The van der Waals surface area contributed by atoms with Crippen molar-refractivity contribution in [3.63, 3.8) is 0 Å². The molecule has 15 heteroatoms. The molecular formula is C50H57NO14. The van der Waals surface area contributed by atoms with E-state index in [1.54, 1.807) is 52.7 Å². The predicted octanol–water partition coefficient (Wildman–Crippen LogP) is 8.54. The highest BCUT2D eigenvalue weighted by Crippen LogP contribution is 2.41. The van der Waals surface area contributed by atoms with E-state index in [1.807, 2.05) is 30.3 Å². The third kappa shape index (κ3) is 13.5. The van der Waals surface area contributed by atoms with Crippen molar-refractivity contribution in [3.05, 3.63) is 124 Å². The fourth-order valence-electron chi connectivity index (χ4n) is 6.71. The Morgan fingerprint density at radius 2 is 1.02 bits per heavy atom. The van der Waals surface area contributed by atoms with E-state index < -0.39 is 5.97 Å². The Balaban J connectivity index is 0.000000248. The molecule has 0 saturated heterocycles. The molecule has 0 amide bonds. The van der Waals surface area contributed by atoms with Crippen molar-refractivity contribution in [1.29, 1.82) is 0 Å². The number of hydrogen-bond donors (Lipinski definition) is 2. The van der Waals surface area contributed by atoms with Crippen molar-refractivity contribution in [2.24, 2.45) is 0 Å². The molecule has 1 heterocycles. The van der Waals surface area contributed by atoms with Crippen molar-refractivity contribution in [2.45, 2.75) is 19.1 Å². The van der Waals surface area contributed by atoms with Gasteiger partial charge in [0.25, 0.3) is 0 Å². The Kier molecular flexibility index (Phi) is 19.7. The van der Waals surface area contributed by atoms with Crippen LogP contribution in [0, 0.1) is 0 Å². The van der Waals surface area contributed by atoms with Crippen LogP contribution in [0.15, 0.2) is 91.0 Å². The van der Waals surface area contributed by atoms with Crippen molar-refractivity contribution >= 4 is 24.4 Å². The maximum absolute atomic E-state index is 10.6. The molecule has 1 atom stereocenters. The Morgan fingerprint density at radius 1 is 0.569 bits per heavy atom. The molecule has 65 heavy (non-hydrogen) atoms. The maximum Gasteiger partial charge on any atom is 0.328 e. The van der Waals surface area contributed by atoms with E-state index in [0.717, 1.165) is 48.0 Å². The lowest BCUT2D eigenvalue weighted by molar-refractivity contribution is -0.131. The third-order valence-corrected chi connectivity index (χ3v) is 9.85. The summed E-state index contributed by atoms with van der Waals surface area (Å²) in [6.07, 6.45) is 8.35. The van der Waals surface area contributed by atoms with Crippen LogP contribution in [0.2, 0.25) is 0 Å². The fraction of sp³-hybridized carbons (Fsp3) is 0.280. The topological polar surface area (TPSA) is 168 Å². The van der Waals surface area contributed by atoms with E-state index in [-0.39, 0.29) is 6.04 Å². The Morgan fingerprint density at radius 3 is 1.43 bits per heavy atom. The first-order chi connectivity index (χ1) is 31.5. The number of fused-ring (bicyclic) bond motifs is 1. The summed E-state index contributed by atoms with van der Waals surface area (Å²) in [5.74, 6) is 5.19. The number of aldehydes is 1. The number of hydrogen-bond acceptors (Lipinski definition) is 14. The van der Waals surface area contributed by atoms with Crippen LogP contribution < -0.4 is 57.4 Å². The van der Waals surface area contributed by atoms with E-state index in [0.29, 0.717) is 69.5 Å². The molecule has 0 saturated carbocycles. The van der Waals surface area contributed by atoms with Gasteiger partial charge in [0, 0.05) is 18.2 Å². The smallest absolute Gasteiger partial charge is 0.328 e. The summed E-state index contributed by atoms with van der Waals surface area (Å²) >= 11 is 0. The minimum absolute atomic E-state index is 0.0416. The summed E-state index contributed by atoms with van der Waals surface area (Å²) in [7, 11) is 15.6. The molecule has 1 aliphatic rings. The van der Waals surface area contributed by atoms with Crippen molar-refractivity contribution in [1.82, 2.24) is 5.32 Å². The molecular weight excluding hydrogens is 839 g/mol. The van der Waals surface area contributed by atoms with Crippen LogP contribution in [0.1, 0.15) is 44.2 Å². The van der Waals surface area contributed by atoms with Crippen LogP contribution in [0.4, 0.5) is 0 Å². The fourth-order valence-corrected chi connectivity index (χ4v) is 6.71. The van der Waals surface area contributed by atoms with Gasteiger partial charge in [0.2, 0.25) is 17.2 Å². The van der Waals surface area contributed by atoms with Crippen LogP contribution in [-0.4, -0.2) is 95.0 Å². The zero-order chi connectivity index (χ0) is 47.3. The van der Waals surface area contributed by atoms with Gasteiger partial charge in [0.1, 0.15) is 12.9 Å². The molecule has 6 rings (SSSR count). The van der Waals surface area contributed by atoms with Crippen molar-refractivity contribution in [2.75, 3.05) is 77.6 Å². The van der Waals surface area contributed by atoms with Gasteiger partial charge in [-0.3, -0.25) is 4.79 Å². The second-order valence-electron chi connectivity index (χ2n) is 13.7. The van der Waals surface area contributed by atoms with Crippen molar-refractivity contribution in [3.8, 4) is 63.2 Å². The summed E-state index contributed by atoms with van der Waals surface area (Å²) in [6, 6.07) is 24.7. The lowest BCUT2D eigenvalue weighted by atomic mass is 9.93. The van der Waals surface area contributed by atoms with Crippen molar-refractivity contribution < 1.29 is 66.8 Å². The Hall–Kier alpha value is -7.52. The van der Waals surface area contributed by atoms with Gasteiger partial charge in [0.05, 0.1) is 77.1 Å². The van der Waals surface area contributed by atoms with Gasteiger partial charge in [-0.15, -0.1) is 0 Å². The van der Waals surface area contributed by atoms with Gasteiger partial charge >= 0.3 is 5.97 Å². The Bertz CT molecular complexity index is 2320. The number of ether oxygens (including phenoxy) is 11. The predicted molar refractivity (Wildman–Crippen MR) is 248 cm³/mol. The number of nitrogens with one attached hydrogen (secondary N) is 1. The highest BCUT2D eigenvalue weighted by atomic mass is 16.5. The number of carbonyl (C=O) groups is 2. The van der Waals surface area contributed by atoms with Crippen LogP contribution in [-0.2, 0) is 17.8 Å². The van der Waals surface area contributed by atoms with E-state index in [4.69, 9.17) is 57.2 Å². The molecule has 0 bridgehead atoms. The first-order valence-corrected chi connectivity index (χ1v) is 20.1. The largest absolute Gasteiger partial charge is 0.493 e. The lowest BCUT2D eigenvalue weighted by Crippen LogP contribution is -2.28. The standard InChI is InChI=1S/C28H31NO5.C12H14O5.C10H12O4/c1-30-24-17-22-21(16-25(24)34-18-19-8-6-5-7-9-19)12-13-29-23(22)11-10-20-14-26(31-2)28(33-4)27(15-20)32-3;1-15-9-6-8(4-5-11(13)14)7-10(16-2)12(9)17-3;1-12-8-4-7(6-11)5-9(13-2)10(8)14-3/h5-11,14-17,23,29H,12-13,18H2,1-4H3;4-7H,1-3H3,(H,13,14);4-6H,1-3H3/b11-10+;5-4+;. The van der Waals surface area contributed by atoms with Gasteiger partial charge in [-0.05, 0) is 88.8 Å². The van der Waals surface area contributed by atoms with E-state index >= 15 is 0 Å². The number of carboxylic acid groups (broad SMARTS) is 1. The second kappa shape index (κ2) is 25.6. The third-order valence-electron chi connectivity index (χ3n) is 9.85. The first kappa shape index (κ1) is 50.1. The highest BCUT2D eigenvalue weighted by molar-refractivity contribution is 5.85. The average molecular weight is 896 g/mol. The zero-order valence-corrected chi connectivity index (χ0v) is 38.3. The quantitative estimate of drug-likeness (QED) is 0.0634. The monoisotopic (exact) mass is 895 g/mol. The molecule has 5 aromatic rings. The Labute approximate surface area is 380 Å². The molecule has 0 spiro atoms. The second-order valence-corrected chi connectivity index (χ2v) is 13.7. The van der Waals surface area contributed by atoms with Gasteiger partial charge in [0.15, 0.2) is 46.0 Å². The first-order valence-electron chi connectivity index (χ1n) is 20.1. The number of benzene rings is 5. The summed E-state index contributed by atoms with van der Waals surface area (Å²) in [5.41, 5.74) is 5.65. The molecule has 2 N–H and O–H groups in total. The molecule has 1 unspecified atom stereocenters. The maximum atomic E-state index is 10.6. The number of aliphatic carboxylic acids is 1. The van der Waals surface area contributed by atoms with Crippen LogP contribution in [0.5, 0.6) is 63.2 Å². The van der Waals surface area contributed by atoms with Gasteiger partial charge in [-0.2, -0.15) is 0 Å². The minimum atomic E-state index is -1.02. The molecule has 0 aromatic heterocycles. The molecule has 5 aromatic carbocycles. The van der Waals surface area contributed by atoms with E-state index in [9.17, 15) is 9.59 Å². The van der Waals surface area contributed by atoms with Gasteiger partial charge < -0.3 is 62.5 Å². The van der Waals surface area contributed by atoms with Gasteiger partial charge in [-0.25, -0.2) is 4.79 Å². The van der Waals surface area contributed by atoms with E-state index in [1.165, 1.54) is 59.9 Å².